The number of hydrogen-bond acceptors (Lipinski definition) is 4. The van der Waals surface area contributed by atoms with Crippen molar-refractivity contribution in [2.75, 3.05) is 0 Å². The van der Waals surface area contributed by atoms with Crippen molar-refractivity contribution in [1.29, 1.82) is 10.5 Å². The molecule has 0 radical (unpaired) electrons. The Labute approximate surface area is 121 Å². The van der Waals surface area contributed by atoms with E-state index in [-0.39, 0.29) is 12.1 Å². The monoisotopic (exact) mass is 277 g/mol. The molecule has 2 aromatic carbocycles. The minimum Gasteiger partial charge on any atom is -0.258 e. The van der Waals surface area contributed by atoms with Crippen LogP contribution >= 0.6 is 0 Å². The third-order valence-corrected chi connectivity index (χ3v) is 3.29. The summed E-state index contributed by atoms with van der Waals surface area (Å²) < 4.78 is 0. The second-order valence-corrected chi connectivity index (χ2v) is 4.56. The van der Waals surface area contributed by atoms with Crippen molar-refractivity contribution in [1.82, 2.24) is 0 Å². The van der Waals surface area contributed by atoms with Gasteiger partial charge < -0.3 is 0 Å². The van der Waals surface area contributed by atoms with Crippen LogP contribution in [0.15, 0.2) is 54.6 Å². The number of para-hydroxylation sites is 1. The molecule has 0 N–H and O–H groups in total. The predicted octanol–water partition coefficient (Wildman–Crippen LogP) is 3.12. The molecule has 0 saturated heterocycles. The summed E-state index contributed by atoms with van der Waals surface area (Å²) in [6.07, 6.45) is -0.0266. The Morgan fingerprint density at radius 2 is 1.57 bits per heavy atom. The van der Waals surface area contributed by atoms with Gasteiger partial charge in [-0.25, -0.2) is 0 Å². The molecule has 0 aromatic heterocycles. The van der Waals surface area contributed by atoms with Gasteiger partial charge in [0.2, 0.25) is 0 Å². The fraction of sp³-hybridized carbons (Fsp3) is 0.125. The Hall–Kier alpha value is -3.18. The van der Waals surface area contributed by atoms with Crippen LogP contribution in [0.3, 0.4) is 0 Å². The van der Waals surface area contributed by atoms with E-state index in [4.69, 9.17) is 0 Å². The summed E-state index contributed by atoms with van der Waals surface area (Å²) in [5.41, 5.74) is -0.612. The van der Waals surface area contributed by atoms with Crippen LogP contribution in [0.4, 0.5) is 5.69 Å². The first kappa shape index (κ1) is 14.2. The molecule has 0 aliphatic heterocycles. The summed E-state index contributed by atoms with van der Waals surface area (Å²) in [6, 6.07) is 18.8. The lowest BCUT2D eigenvalue weighted by molar-refractivity contribution is -0.385. The molecule has 21 heavy (non-hydrogen) atoms. The molecule has 5 heteroatoms. The van der Waals surface area contributed by atoms with Gasteiger partial charge in [0.15, 0.2) is 5.41 Å². The molecule has 2 rings (SSSR count). The molecular formula is C16H11N3O2. The zero-order valence-corrected chi connectivity index (χ0v) is 11.1. The number of rotatable bonds is 4. The molecule has 5 nitrogen and oxygen atoms in total. The Morgan fingerprint density at radius 1 is 1.00 bits per heavy atom. The van der Waals surface area contributed by atoms with Crippen molar-refractivity contribution in [2.24, 2.45) is 0 Å². The molecule has 0 spiro atoms. The first-order valence-corrected chi connectivity index (χ1v) is 6.23. The third-order valence-electron chi connectivity index (χ3n) is 3.29. The smallest absolute Gasteiger partial charge is 0.258 e. The summed E-state index contributed by atoms with van der Waals surface area (Å²) in [4.78, 5) is 10.6. The van der Waals surface area contributed by atoms with Crippen molar-refractivity contribution in [3.05, 3.63) is 75.8 Å². The number of nitrogens with zero attached hydrogens (tertiary/aromatic N) is 3. The SMILES string of the molecule is N#CC(C#N)(Cc1ccccc1[N+](=O)[O-])c1ccccc1. The van der Waals surface area contributed by atoms with Crippen molar-refractivity contribution in [3.63, 3.8) is 0 Å². The highest BCUT2D eigenvalue weighted by molar-refractivity contribution is 5.48. The minimum atomic E-state index is -1.44. The van der Waals surface area contributed by atoms with Gasteiger partial charge >= 0.3 is 0 Å². The molecule has 0 amide bonds. The molecule has 0 heterocycles. The lowest BCUT2D eigenvalue weighted by atomic mass is 9.78. The number of nitro groups is 1. The quantitative estimate of drug-likeness (QED) is 0.634. The summed E-state index contributed by atoms with van der Waals surface area (Å²) in [7, 11) is 0. The Balaban J connectivity index is 2.51. The molecule has 0 aliphatic rings. The van der Waals surface area contributed by atoms with E-state index in [1.54, 1.807) is 48.5 Å². The first-order valence-electron chi connectivity index (χ1n) is 6.23. The van der Waals surface area contributed by atoms with E-state index in [0.717, 1.165) is 0 Å². The van der Waals surface area contributed by atoms with Gasteiger partial charge in [0.25, 0.3) is 5.69 Å². The standard InChI is InChI=1S/C16H11N3O2/c17-11-16(12-18,14-7-2-1-3-8-14)10-13-6-4-5-9-15(13)19(20)21/h1-9H,10H2. The van der Waals surface area contributed by atoms with Gasteiger partial charge in [0.05, 0.1) is 17.1 Å². The van der Waals surface area contributed by atoms with Crippen LogP contribution in [-0.2, 0) is 11.8 Å². The molecule has 0 saturated carbocycles. The second-order valence-electron chi connectivity index (χ2n) is 4.56. The first-order chi connectivity index (χ1) is 10.1. The van der Waals surface area contributed by atoms with Gasteiger partial charge in [0, 0.05) is 18.1 Å². The van der Waals surface area contributed by atoms with E-state index in [9.17, 15) is 20.6 Å². The molecular weight excluding hydrogens is 266 g/mol. The molecule has 0 unspecified atom stereocenters. The molecule has 2 aromatic rings. The summed E-state index contributed by atoms with van der Waals surface area (Å²) in [6.45, 7) is 0. The zero-order chi connectivity index (χ0) is 15.3. The van der Waals surface area contributed by atoms with E-state index in [1.165, 1.54) is 6.07 Å². The number of benzene rings is 2. The van der Waals surface area contributed by atoms with Crippen molar-refractivity contribution >= 4 is 5.69 Å². The molecule has 0 bridgehead atoms. The number of hydrogen-bond donors (Lipinski definition) is 0. The van der Waals surface area contributed by atoms with E-state index in [1.807, 2.05) is 12.1 Å². The Kier molecular flexibility index (Phi) is 3.97. The largest absolute Gasteiger partial charge is 0.272 e. The van der Waals surface area contributed by atoms with E-state index in [0.29, 0.717) is 11.1 Å². The maximum atomic E-state index is 11.1. The normalized spacial score (nSPS) is 10.4. The average Bonchev–Trinajstić information content (AvgIpc) is 2.54. The van der Waals surface area contributed by atoms with Gasteiger partial charge in [-0.15, -0.1) is 0 Å². The molecule has 0 atom stereocenters. The van der Waals surface area contributed by atoms with Crippen LogP contribution in [0.5, 0.6) is 0 Å². The highest BCUT2D eigenvalue weighted by Gasteiger charge is 2.35. The zero-order valence-electron chi connectivity index (χ0n) is 11.1. The summed E-state index contributed by atoms with van der Waals surface area (Å²) in [5.74, 6) is 0. The highest BCUT2D eigenvalue weighted by atomic mass is 16.6. The maximum absolute atomic E-state index is 11.1. The van der Waals surface area contributed by atoms with Crippen molar-refractivity contribution in [2.45, 2.75) is 11.8 Å². The lowest BCUT2D eigenvalue weighted by Gasteiger charge is -2.19. The fourth-order valence-electron chi connectivity index (χ4n) is 2.18. The van der Waals surface area contributed by atoms with Crippen molar-refractivity contribution in [3.8, 4) is 12.1 Å². The Morgan fingerprint density at radius 3 is 2.14 bits per heavy atom. The van der Waals surface area contributed by atoms with Crippen LogP contribution < -0.4 is 0 Å². The van der Waals surface area contributed by atoms with Gasteiger partial charge in [-0.2, -0.15) is 10.5 Å². The average molecular weight is 277 g/mol. The maximum Gasteiger partial charge on any atom is 0.272 e. The molecule has 0 fully saturated rings. The molecule has 0 aliphatic carbocycles. The topological polar surface area (TPSA) is 90.7 Å². The van der Waals surface area contributed by atoms with Crippen molar-refractivity contribution < 1.29 is 4.92 Å². The van der Waals surface area contributed by atoms with E-state index >= 15 is 0 Å². The van der Waals surface area contributed by atoms with Crippen LogP contribution in [0, 0.1) is 32.8 Å². The predicted molar refractivity (Wildman–Crippen MR) is 76.1 cm³/mol. The second kappa shape index (κ2) is 5.85. The summed E-state index contributed by atoms with van der Waals surface area (Å²) in [5, 5.41) is 30.0. The van der Waals surface area contributed by atoms with Gasteiger partial charge in [-0.3, -0.25) is 10.1 Å². The fourth-order valence-corrected chi connectivity index (χ4v) is 2.18. The van der Waals surface area contributed by atoms with Gasteiger partial charge in [-0.1, -0.05) is 48.5 Å². The summed E-state index contributed by atoms with van der Waals surface area (Å²) >= 11 is 0. The van der Waals surface area contributed by atoms with Crippen LogP contribution in [0.1, 0.15) is 11.1 Å². The van der Waals surface area contributed by atoms with Crippen LogP contribution in [0.25, 0.3) is 0 Å². The number of nitro benzene ring substituents is 1. The van der Waals surface area contributed by atoms with Gasteiger partial charge in [-0.05, 0) is 5.56 Å². The van der Waals surface area contributed by atoms with E-state index < -0.39 is 10.3 Å². The van der Waals surface area contributed by atoms with Gasteiger partial charge in [0.1, 0.15) is 0 Å². The highest BCUT2D eigenvalue weighted by Crippen LogP contribution is 2.31. The lowest BCUT2D eigenvalue weighted by Crippen LogP contribution is -2.25. The van der Waals surface area contributed by atoms with Crippen LogP contribution in [0.2, 0.25) is 0 Å². The van der Waals surface area contributed by atoms with Crippen LogP contribution in [-0.4, -0.2) is 4.92 Å². The molecule has 102 valence electrons. The number of nitriles is 2. The van der Waals surface area contributed by atoms with E-state index in [2.05, 4.69) is 0 Å². The Bertz CT molecular complexity index is 728. The third kappa shape index (κ3) is 2.72. The minimum absolute atomic E-state index is 0.0266.